The maximum Gasteiger partial charge on any atom is 0.115 e. The predicted octanol–water partition coefficient (Wildman–Crippen LogP) is -0.788. The van der Waals surface area contributed by atoms with E-state index in [9.17, 15) is 0 Å². The van der Waals surface area contributed by atoms with Gasteiger partial charge in [-0.05, 0) is 27.9 Å². The first kappa shape index (κ1) is 12.0. The Morgan fingerprint density at radius 3 is 2.36 bits per heavy atom. The van der Waals surface area contributed by atoms with E-state index in [1.54, 1.807) is 0 Å². The average Bonchev–Trinajstić information content (AvgIpc) is 2.16. The number of phenols is 1. The Labute approximate surface area is 94.4 Å². The topological polar surface area (TPSA) is 20.2 Å². The van der Waals surface area contributed by atoms with E-state index in [1.165, 1.54) is 21.4 Å². The summed E-state index contributed by atoms with van der Waals surface area (Å²) in [5, 5.41) is 9.15. The van der Waals surface area contributed by atoms with Gasteiger partial charge in [0.05, 0.1) is 0 Å². The first-order valence-electron chi connectivity index (χ1n) is 5.37. The number of benzene rings is 1. The summed E-state index contributed by atoms with van der Waals surface area (Å²) >= 11 is 0. The fourth-order valence-corrected chi connectivity index (χ4v) is 24.0. The van der Waals surface area contributed by atoms with Crippen molar-refractivity contribution in [3.8, 4) is 5.75 Å². The number of hydrogen-bond donors (Lipinski definition) is 1. The Kier molecular flexibility index (Phi) is 4.86. The molecule has 5 heteroatoms. The zero-order chi connectivity index (χ0) is 10.6. The lowest BCUT2D eigenvalue weighted by Crippen LogP contribution is -2.37. The zero-order valence-electron chi connectivity index (χ0n) is 9.33. The summed E-state index contributed by atoms with van der Waals surface area (Å²) in [5.74, 6) is 0.395. The third-order valence-electron chi connectivity index (χ3n) is 2.96. The minimum Gasteiger partial charge on any atom is -0.508 e. The molecular weight excluding hydrogens is 236 g/mol. The number of aromatic hydroxyl groups is 1. The van der Waals surface area contributed by atoms with Crippen molar-refractivity contribution >= 4 is 34.5 Å². The van der Waals surface area contributed by atoms with Gasteiger partial charge in [-0.25, -0.2) is 0 Å². The Hall–Kier alpha value is -0.112. The van der Waals surface area contributed by atoms with E-state index in [0.29, 0.717) is 5.75 Å². The standard InChI is InChI=1S/C9H20OSi4/c1-13(11)14(2)12-7-8-3-5-9(10)6-4-8/h3-6,10,13-14H,7,12H2,1-2,11H3. The molecule has 0 spiro atoms. The van der Waals surface area contributed by atoms with Crippen LogP contribution < -0.4 is 0 Å². The molecule has 0 fully saturated rings. The molecule has 14 heavy (non-hydrogen) atoms. The lowest BCUT2D eigenvalue weighted by Gasteiger charge is -2.11. The van der Waals surface area contributed by atoms with E-state index in [2.05, 4.69) is 25.2 Å². The van der Waals surface area contributed by atoms with E-state index in [-0.39, 0.29) is 24.7 Å². The molecule has 0 radical (unpaired) electrons. The van der Waals surface area contributed by atoms with Crippen molar-refractivity contribution in [1.82, 2.24) is 0 Å². The molecule has 2 unspecified atom stereocenters. The van der Waals surface area contributed by atoms with Gasteiger partial charge >= 0.3 is 0 Å². The van der Waals surface area contributed by atoms with E-state index in [4.69, 9.17) is 5.11 Å². The van der Waals surface area contributed by atoms with Crippen LogP contribution in [0.4, 0.5) is 0 Å². The van der Waals surface area contributed by atoms with Gasteiger partial charge < -0.3 is 5.11 Å². The molecule has 0 amide bonds. The van der Waals surface area contributed by atoms with Gasteiger partial charge in [0.25, 0.3) is 0 Å². The molecule has 2 atom stereocenters. The molecule has 0 aliphatic heterocycles. The lowest BCUT2D eigenvalue weighted by atomic mass is 10.2. The Morgan fingerprint density at radius 1 is 1.29 bits per heavy atom. The van der Waals surface area contributed by atoms with E-state index in [0.717, 1.165) is 0 Å². The molecule has 0 aromatic heterocycles. The fourth-order valence-electron chi connectivity index (χ4n) is 1.39. The van der Waals surface area contributed by atoms with Crippen molar-refractivity contribution in [2.75, 3.05) is 0 Å². The second-order valence-electron chi connectivity index (χ2n) is 4.43. The summed E-state index contributed by atoms with van der Waals surface area (Å²) in [5.41, 5.74) is 1.45. The SMILES string of the molecule is C[SiH]([SiH3])[SiH](C)[SiH2]Cc1ccc(O)cc1. The van der Waals surface area contributed by atoms with Gasteiger partial charge in [0.15, 0.2) is 0 Å². The fraction of sp³-hybridized carbons (Fsp3) is 0.333. The Bertz CT molecular complexity index is 273. The van der Waals surface area contributed by atoms with Crippen LogP contribution in [0, 0.1) is 0 Å². The third-order valence-corrected chi connectivity index (χ3v) is 47.7. The van der Waals surface area contributed by atoms with Crippen LogP contribution in [0.25, 0.3) is 0 Å². The van der Waals surface area contributed by atoms with Crippen LogP contribution in [0.5, 0.6) is 5.75 Å². The van der Waals surface area contributed by atoms with Crippen LogP contribution in [0.3, 0.4) is 0 Å². The first-order valence-corrected chi connectivity index (χ1v) is 19.2. The normalized spacial score (nSPS) is 16.1. The largest absolute Gasteiger partial charge is 0.508 e. The minimum atomic E-state index is -0.181. The van der Waals surface area contributed by atoms with Crippen LogP contribution in [-0.2, 0) is 6.04 Å². The molecule has 78 valence electrons. The molecule has 0 aliphatic carbocycles. The van der Waals surface area contributed by atoms with Crippen molar-refractivity contribution in [2.24, 2.45) is 0 Å². The zero-order valence-corrected chi connectivity index (χ0v) is 15.0. The van der Waals surface area contributed by atoms with E-state index in [1.807, 2.05) is 12.1 Å². The van der Waals surface area contributed by atoms with Crippen molar-refractivity contribution in [2.45, 2.75) is 19.1 Å². The van der Waals surface area contributed by atoms with Crippen molar-refractivity contribution in [3.63, 3.8) is 0 Å². The summed E-state index contributed by atoms with van der Waals surface area (Å²) in [6, 6.07) is 9.17. The number of phenolic OH excluding ortho intramolecular Hbond substituents is 1. The number of rotatable bonds is 4. The molecule has 0 aliphatic rings. The van der Waals surface area contributed by atoms with Gasteiger partial charge in [-0.1, -0.05) is 30.8 Å². The first-order chi connectivity index (χ1) is 6.59. The van der Waals surface area contributed by atoms with Crippen LogP contribution in [0.2, 0.25) is 13.1 Å². The molecule has 1 aromatic rings. The molecule has 1 nitrogen and oxygen atoms in total. The van der Waals surface area contributed by atoms with Gasteiger partial charge in [-0.15, -0.1) is 0 Å². The smallest absolute Gasteiger partial charge is 0.115 e. The second kappa shape index (κ2) is 5.69. The van der Waals surface area contributed by atoms with Crippen molar-refractivity contribution < 1.29 is 5.11 Å². The van der Waals surface area contributed by atoms with Crippen molar-refractivity contribution in [1.29, 1.82) is 0 Å². The summed E-state index contributed by atoms with van der Waals surface area (Å²) in [7, 11) is 1.45. The van der Waals surface area contributed by atoms with Crippen LogP contribution in [0.1, 0.15) is 5.56 Å². The van der Waals surface area contributed by atoms with Crippen LogP contribution in [0.15, 0.2) is 24.3 Å². The Morgan fingerprint density at radius 2 is 1.86 bits per heavy atom. The molecule has 1 N–H and O–H groups in total. The molecule has 0 heterocycles. The molecule has 1 rings (SSSR count). The summed E-state index contributed by atoms with van der Waals surface area (Å²) in [6.07, 6.45) is 0. The number of hydrogen-bond acceptors (Lipinski definition) is 1. The average molecular weight is 257 g/mol. The van der Waals surface area contributed by atoms with E-state index < -0.39 is 0 Å². The highest BCUT2D eigenvalue weighted by Gasteiger charge is 2.10. The van der Waals surface area contributed by atoms with E-state index >= 15 is 0 Å². The van der Waals surface area contributed by atoms with Crippen LogP contribution >= 0.6 is 0 Å². The molecule has 1 aromatic carbocycles. The maximum atomic E-state index is 9.15. The molecule has 0 saturated carbocycles. The summed E-state index contributed by atoms with van der Waals surface area (Å²) < 4.78 is 0. The molecule has 0 saturated heterocycles. The van der Waals surface area contributed by atoms with Gasteiger partial charge in [0, 0.05) is 24.7 Å². The monoisotopic (exact) mass is 256 g/mol. The van der Waals surface area contributed by atoms with Gasteiger partial charge in [0.2, 0.25) is 0 Å². The summed E-state index contributed by atoms with van der Waals surface area (Å²) in [4.78, 5) is 0. The lowest BCUT2D eigenvalue weighted by molar-refractivity contribution is 0.475. The Balaban J connectivity index is 2.42. The highest BCUT2D eigenvalue weighted by molar-refractivity contribution is 7.56. The van der Waals surface area contributed by atoms with Crippen molar-refractivity contribution in [3.05, 3.63) is 29.8 Å². The van der Waals surface area contributed by atoms with Crippen LogP contribution in [-0.4, -0.2) is 39.6 Å². The highest BCUT2D eigenvalue weighted by atomic mass is 29.8. The molecular formula is C9H20OSi4. The third kappa shape index (κ3) is 3.95. The second-order valence-corrected chi connectivity index (χ2v) is 35.2. The van der Waals surface area contributed by atoms with Gasteiger partial charge in [-0.3, -0.25) is 0 Å². The minimum absolute atomic E-state index is 0.126. The predicted molar refractivity (Wildman–Crippen MR) is 76.3 cm³/mol. The quantitative estimate of drug-likeness (QED) is 0.701. The van der Waals surface area contributed by atoms with Gasteiger partial charge in [0.1, 0.15) is 5.75 Å². The highest BCUT2D eigenvalue weighted by Crippen LogP contribution is 2.09. The maximum absolute atomic E-state index is 9.15. The molecule has 0 bridgehead atoms. The van der Waals surface area contributed by atoms with Gasteiger partial charge in [-0.2, -0.15) is 0 Å². The summed E-state index contributed by atoms with van der Waals surface area (Å²) in [6.45, 7) is 5.16.